The van der Waals surface area contributed by atoms with Crippen molar-refractivity contribution in [2.45, 2.75) is 27.2 Å². The van der Waals surface area contributed by atoms with Crippen molar-refractivity contribution in [1.29, 1.82) is 0 Å². The van der Waals surface area contributed by atoms with E-state index in [1.165, 1.54) is 16.6 Å². The fourth-order valence-electron chi connectivity index (χ4n) is 2.31. The van der Waals surface area contributed by atoms with Crippen molar-refractivity contribution in [3.05, 3.63) is 62.5 Å². The molecule has 0 atom stereocenters. The van der Waals surface area contributed by atoms with Crippen molar-refractivity contribution in [3.63, 3.8) is 0 Å². The third-order valence-electron chi connectivity index (χ3n) is 3.58. The van der Waals surface area contributed by atoms with Gasteiger partial charge in [0.25, 0.3) is 5.56 Å². The summed E-state index contributed by atoms with van der Waals surface area (Å²) in [5, 5.41) is 4.91. The van der Waals surface area contributed by atoms with Gasteiger partial charge in [0, 0.05) is 4.88 Å². The number of hydrogen-bond donors (Lipinski definition) is 0. The molecule has 0 amide bonds. The van der Waals surface area contributed by atoms with Crippen molar-refractivity contribution >= 4 is 27.8 Å². The normalized spacial score (nSPS) is 11.6. The van der Waals surface area contributed by atoms with E-state index in [9.17, 15) is 4.79 Å². The minimum absolute atomic E-state index is 0.123. The maximum Gasteiger partial charge on any atom is 0.282 e. The topological polar surface area (TPSA) is 47.2 Å². The summed E-state index contributed by atoms with van der Waals surface area (Å²) in [5.41, 5.74) is 3.22. The summed E-state index contributed by atoms with van der Waals surface area (Å²) in [6, 6.07) is 8.05. The Balaban J connectivity index is 2.01. The summed E-state index contributed by atoms with van der Waals surface area (Å²) in [6.45, 7) is 6.16. The summed E-state index contributed by atoms with van der Waals surface area (Å²) < 4.78 is 1.30. The van der Waals surface area contributed by atoms with Gasteiger partial charge in [0.1, 0.15) is 11.2 Å². The van der Waals surface area contributed by atoms with E-state index in [0.29, 0.717) is 5.39 Å². The molecule has 112 valence electrons. The van der Waals surface area contributed by atoms with E-state index in [2.05, 4.69) is 30.0 Å². The first-order chi connectivity index (χ1) is 10.6. The van der Waals surface area contributed by atoms with Crippen molar-refractivity contribution in [2.75, 3.05) is 0 Å². The Morgan fingerprint density at radius 1 is 1.32 bits per heavy atom. The SMILES string of the molecule is CCc1cc2c(=O)n(/N=C\c3ccc(C)cc3C)cnc2s1. The van der Waals surface area contributed by atoms with E-state index in [1.54, 1.807) is 17.6 Å². The summed E-state index contributed by atoms with van der Waals surface area (Å²) in [4.78, 5) is 18.7. The van der Waals surface area contributed by atoms with Crippen LogP contribution in [0.1, 0.15) is 28.5 Å². The molecule has 2 aromatic heterocycles. The zero-order valence-electron chi connectivity index (χ0n) is 12.8. The van der Waals surface area contributed by atoms with Gasteiger partial charge in [0.15, 0.2) is 0 Å². The second-order valence-electron chi connectivity index (χ2n) is 5.28. The molecule has 0 saturated heterocycles. The zero-order valence-corrected chi connectivity index (χ0v) is 13.6. The predicted octanol–water partition coefficient (Wildman–Crippen LogP) is 3.52. The number of hydrogen-bond acceptors (Lipinski definition) is 4. The zero-order chi connectivity index (χ0) is 15.7. The minimum atomic E-state index is -0.123. The van der Waals surface area contributed by atoms with Crippen LogP contribution >= 0.6 is 11.3 Å². The van der Waals surface area contributed by atoms with E-state index in [4.69, 9.17) is 0 Å². The Morgan fingerprint density at radius 2 is 2.14 bits per heavy atom. The Hall–Kier alpha value is -2.27. The molecule has 3 rings (SSSR count). The van der Waals surface area contributed by atoms with Crippen LogP contribution in [0, 0.1) is 13.8 Å². The molecule has 4 nitrogen and oxygen atoms in total. The summed E-state index contributed by atoms with van der Waals surface area (Å²) >= 11 is 1.56. The molecule has 1 aromatic carbocycles. The smallest absolute Gasteiger partial charge is 0.267 e. The van der Waals surface area contributed by atoms with E-state index >= 15 is 0 Å². The van der Waals surface area contributed by atoms with Gasteiger partial charge in [-0.1, -0.05) is 30.7 Å². The van der Waals surface area contributed by atoms with Gasteiger partial charge in [0.05, 0.1) is 11.6 Å². The Labute approximate surface area is 132 Å². The van der Waals surface area contributed by atoms with Crippen LogP contribution in [0.3, 0.4) is 0 Å². The Kier molecular flexibility index (Phi) is 3.90. The maximum absolute atomic E-state index is 12.4. The van der Waals surface area contributed by atoms with Gasteiger partial charge in [-0.05, 0) is 37.5 Å². The van der Waals surface area contributed by atoms with Crippen LogP contribution in [-0.2, 0) is 6.42 Å². The Morgan fingerprint density at radius 3 is 2.86 bits per heavy atom. The lowest BCUT2D eigenvalue weighted by molar-refractivity contribution is 0.818. The van der Waals surface area contributed by atoms with Crippen LogP contribution < -0.4 is 5.56 Å². The molecule has 0 bridgehead atoms. The van der Waals surface area contributed by atoms with E-state index < -0.39 is 0 Å². The number of aryl methyl sites for hydroxylation is 3. The van der Waals surface area contributed by atoms with Gasteiger partial charge >= 0.3 is 0 Å². The highest BCUT2D eigenvalue weighted by Crippen LogP contribution is 2.20. The third kappa shape index (κ3) is 2.72. The molecule has 0 fully saturated rings. The van der Waals surface area contributed by atoms with Gasteiger partial charge in [0.2, 0.25) is 0 Å². The average molecular weight is 311 g/mol. The number of benzene rings is 1. The van der Waals surface area contributed by atoms with Gasteiger partial charge in [-0.2, -0.15) is 9.78 Å². The second kappa shape index (κ2) is 5.85. The van der Waals surface area contributed by atoms with Gasteiger partial charge in [-0.3, -0.25) is 4.79 Å². The highest BCUT2D eigenvalue weighted by atomic mass is 32.1. The van der Waals surface area contributed by atoms with Crippen LogP contribution in [-0.4, -0.2) is 15.9 Å². The lowest BCUT2D eigenvalue weighted by atomic mass is 10.1. The summed E-state index contributed by atoms with van der Waals surface area (Å²) in [7, 11) is 0. The lowest BCUT2D eigenvalue weighted by Crippen LogP contribution is -2.16. The molecule has 3 aromatic rings. The van der Waals surface area contributed by atoms with Crippen LogP contribution in [0.2, 0.25) is 0 Å². The predicted molar refractivity (Wildman–Crippen MR) is 92.2 cm³/mol. The molecule has 22 heavy (non-hydrogen) atoms. The van der Waals surface area contributed by atoms with E-state index in [0.717, 1.165) is 27.3 Å². The molecule has 0 N–H and O–H groups in total. The standard InChI is InChI=1S/C17H17N3OS/c1-4-14-8-15-16(22-14)18-10-20(17(15)21)19-9-13-6-5-11(2)7-12(13)3/h5-10H,4H2,1-3H3/b19-9-. The monoisotopic (exact) mass is 311 g/mol. The highest BCUT2D eigenvalue weighted by molar-refractivity contribution is 7.18. The maximum atomic E-state index is 12.4. The van der Waals surface area contributed by atoms with Gasteiger partial charge < -0.3 is 0 Å². The van der Waals surface area contributed by atoms with Crippen LogP contribution in [0.25, 0.3) is 10.2 Å². The molecule has 0 aliphatic rings. The molecular weight excluding hydrogens is 294 g/mol. The molecular formula is C17H17N3OS. The van der Waals surface area contributed by atoms with Gasteiger partial charge in [-0.15, -0.1) is 11.3 Å². The first-order valence-electron chi connectivity index (χ1n) is 7.20. The van der Waals surface area contributed by atoms with Gasteiger partial charge in [-0.25, -0.2) is 4.98 Å². The quantitative estimate of drug-likeness (QED) is 0.695. The van der Waals surface area contributed by atoms with E-state index in [1.807, 2.05) is 25.1 Å². The van der Waals surface area contributed by atoms with Crippen molar-refractivity contribution in [2.24, 2.45) is 5.10 Å². The van der Waals surface area contributed by atoms with Crippen molar-refractivity contribution in [1.82, 2.24) is 9.66 Å². The molecule has 0 unspecified atom stereocenters. The van der Waals surface area contributed by atoms with Crippen LogP contribution in [0.5, 0.6) is 0 Å². The number of aromatic nitrogens is 2. The number of nitrogens with zero attached hydrogens (tertiary/aromatic N) is 3. The summed E-state index contributed by atoms with van der Waals surface area (Å²) in [5.74, 6) is 0. The van der Waals surface area contributed by atoms with Crippen LogP contribution in [0.4, 0.5) is 0 Å². The van der Waals surface area contributed by atoms with E-state index in [-0.39, 0.29) is 5.56 Å². The number of thiophene rings is 1. The first kappa shape index (κ1) is 14.7. The molecule has 0 aliphatic heterocycles. The molecule has 0 saturated carbocycles. The fourth-order valence-corrected chi connectivity index (χ4v) is 3.24. The molecule has 5 heteroatoms. The molecule has 0 radical (unpaired) electrons. The number of rotatable bonds is 3. The van der Waals surface area contributed by atoms with Crippen molar-refractivity contribution < 1.29 is 0 Å². The Bertz CT molecular complexity index is 921. The largest absolute Gasteiger partial charge is 0.282 e. The molecule has 2 heterocycles. The molecule has 0 aliphatic carbocycles. The highest BCUT2D eigenvalue weighted by Gasteiger charge is 2.07. The van der Waals surface area contributed by atoms with Crippen molar-refractivity contribution in [3.8, 4) is 0 Å². The average Bonchev–Trinajstić information content (AvgIpc) is 2.92. The third-order valence-corrected chi connectivity index (χ3v) is 4.77. The van der Waals surface area contributed by atoms with Crippen LogP contribution in [0.15, 0.2) is 40.5 Å². The first-order valence-corrected chi connectivity index (χ1v) is 8.02. The minimum Gasteiger partial charge on any atom is -0.267 e. The number of fused-ring (bicyclic) bond motifs is 1. The molecule has 0 spiro atoms. The second-order valence-corrected chi connectivity index (χ2v) is 6.40. The summed E-state index contributed by atoms with van der Waals surface area (Å²) in [6.07, 6.45) is 4.10. The fraction of sp³-hybridized carbons (Fsp3) is 0.235. The lowest BCUT2D eigenvalue weighted by Gasteiger charge is -2.01.